The van der Waals surface area contributed by atoms with Gasteiger partial charge in [0.2, 0.25) is 0 Å². The van der Waals surface area contributed by atoms with E-state index >= 15 is 0 Å². The Bertz CT molecular complexity index is 327. The highest BCUT2D eigenvalue weighted by atomic mass is 79.9. The molecule has 0 aliphatic heterocycles. The third kappa shape index (κ3) is 4.88. The average Bonchev–Trinajstić information content (AvgIpc) is 2.60. The molecule has 0 unspecified atom stereocenters. The highest BCUT2D eigenvalue weighted by Crippen LogP contribution is 2.20. The van der Waals surface area contributed by atoms with E-state index in [0.717, 1.165) is 9.35 Å². The molecule has 0 fully saturated rings. The van der Waals surface area contributed by atoms with Gasteiger partial charge in [0, 0.05) is 41.2 Å². The summed E-state index contributed by atoms with van der Waals surface area (Å²) >= 11 is 4.97. The Kier molecular flexibility index (Phi) is 5.45. The van der Waals surface area contributed by atoms with Gasteiger partial charge in [-0.1, -0.05) is 0 Å². The largest absolute Gasteiger partial charge is 0.303 e. The molecule has 84 valence electrons. The number of hydrogen-bond acceptors (Lipinski definition) is 4. The smallest absolute Gasteiger partial charge is 0.139 e. The summed E-state index contributed by atoms with van der Waals surface area (Å²) in [4.78, 5) is 17.6. The van der Waals surface area contributed by atoms with Gasteiger partial charge in [-0.3, -0.25) is 4.79 Å². The quantitative estimate of drug-likeness (QED) is 0.755. The van der Waals surface area contributed by atoms with Gasteiger partial charge < -0.3 is 4.84 Å². The van der Waals surface area contributed by atoms with Crippen LogP contribution >= 0.6 is 27.3 Å². The average molecular weight is 292 g/mol. The van der Waals surface area contributed by atoms with Crippen LogP contribution in [0, 0.1) is 0 Å². The van der Waals surface area contributed by atoms with Gasteiger partial charge in [-0.2, -0.15) is 5.06 Å². The maximum atomic E-state index is 11.6. The minimum atomic E-state index is 0.244. The lowest BCUT2D eigenvalue weighted by atomic mass is 10.2. The van der Waals surface area contributed by atoms with E-state index in [1.54, 1.807) is 23.5 Å². The number of nitrogens with zero attached hydrogens (tertiary/aromatic N) is 1. The highest BCUT2D eigenvalue weighted by molar-refractivity contribution is 9.10. The Morgan fingerprint density at radius 1 is 1.67 bits per heavy atom. The number of carbonyl (C=O) groups is 1. The number of thiophene rings is 1. The molecule has 3 nitrogen and oxygen atoms in total. The molecule has 0 atom stereocenters. The molecule has 0 aliphatic carbocycles. The number of ketones is 1. The van der Waals surface area contributed by atoms with Gasteiger partial charge in [0.1, 0.15) is 5.78 Å². The molecule has 1 aromatic rings. The third-order valence-corrected chi connectivity index (χ3v) is 3.71. The van der Waals surface area contributed by atoms with Crippen LogP contribution in [0.15, 0.2) is 15.9 Å². The zero-order chi connectivity index (χ0) is 11.3. The van der Waals surface area contributed by atoms with Crippen molar-refractivity contribution >= 4 is 33.0 Å². The van der Waals surface area contributed by atoms with E-state index in [4.69, 9.17) is 4.84 Å². The number of hydroxylamine groups is 2. The van der Waals surface area contributed by atoms with Crippen molar-refractivity contribution in [2.24, 2.45) is 0 Å². The second-order valence-electron chi connectivity index (χ2n) is 3.23. The Labute approximate surface area is 102 Å². The van der Waals surface area contributed by atoms with Crippen LogP contribution in [0.3, 0.4) is 0 Å². The molecular formula is C10H14BrNO2S. The van der Waals surface area contributed by atoms with Crippen LogP contribution in [0.4, 0.5) is 0 Å². The summed E-state index contributed by atoms with van der Waals surface area (Å²) in [6.07, 6.45) is 1.05. The Hall–Kier alpha value is -0.230. The van der Waals surface area contributed by atoms with Gasteiger partial charge in [0.05, 0.1) is 7.11 Å². The minimum absolute atomic E-state index is 0.244. The van der Waals surface area contributed by atoms with E-state index in [-0.39, 0.29) is 5.78 Å². The van der Waals surface area contributed by atoms with E-state index < -0.39 is 0 Å². The van der Waals surface area contributed by atoms with Gasteiger partial charge in [0.25, 0.3) is 0 Å². The lowest BCUT2D eigenvalue weighted by molar-refractivity contribution is -0.128. The van der Waals surface area contributed by atoms with Crippen molar-refractivity contribution in [3.8, 4) is 0 Å². The summed E-state index contributed by atoms with van der Waals surface area (Å²) in [5, 5.41) is 3.64. The topological polar surface area (TPSA) is 29.5 Å². The molecule has 0 aliphatic rings. The summed E-state index contributed by atoms with van der Waals surface area (Å²) in [6, 6.07) is 1.99. The van der Waals surface area contributed by atoms with Crippen molar-refractivity contribution < 1.29 is 9.63 Å². The van der Waals surface area contributed by atoms with Crippen molar-refractivity contribution in [2.45, 2.75) is 12.8 Å². The van der Waals surface area contributed by atoms with Gasteiger partial charge in [-0.25, -0.2) is 0 Å². The van der Waals surface area contributed by atoms with E-state index in [1.165, 1.54) is 0 Å². The standard InChI is InChI=1S/C10H14BrNO2S/c1-12(14-2)4-3-9(13)6-10-5-8(11)7-15-10/h5,7H,3-4,6H2,1-2H3. The molecule has 0 radical (unpaired) electrons. The Morgan fingerprint density at radius 3 is 2.93 bits per heavy atom. The van der Waals surface area contributed by atoms with Crippen LogP contribution < -0.4 is 0 Å². The number of halogens is 1. The first-order valence-corrected chi connectivity index (χ1v) is 6.29. The zero-order valence-corrected chi connectivity index (χ0v) is 11.2. The summed E-state index contributed by atoms with van der Waals surface area (Å²) in [5.41, 5.74) is 0. The molecule has 0 saturated carbocycles. The van der Waals surface area contributed by atoms with Crippen molar-refractivity contribution in [2.75, 3.05) is 20.7 Å². The lowest BCUT2D eigenvalue weighted by Gasteiger charge is -2.11. The van der Waals surface area contributed by atoms with Crippen LogP contribution in [0.1, 0.15) is 11.3 Å². The first-order valence-electron chi connectivity index (χ1n) is 4.61. The summed E-state index contributed by atoms with van der Waals surface area (Å²) < 4.78 is 1.05. The molecule has 0 spiro atoms. The molecule has 0 N–H and O–H groups in total. The Balaban J connectivity index is 2.30. The monoisotopic (exact) mass is 291 g/mol. The number of hydrogen-bond donors (Lipinski definition) is 0. The molecule has 1 rings (SSSR count). The number of rotatable bonds is 6. The second kappa shape index (κ2) is 6.37. The fourth-order valence-electron chi connectivity index (χ4n) is 1.10. The summed E-state index contributed by atoms with van der Waals surface area (Å²) in [5.74, 6) is 0.244. The summed E-state index contributed by atoms with van der Waals surface area (Å²) in [6.45, 7) is 0.641. The maximum absolute atomic E-state index is 11.6. The second-order valence-corrected chi connectivity index (χ2v) is 5.14. The SMILES string of the molecule is CON(C)CCC(=O)Cc1cc(Br)cs1. The van der Waals surface area contributed by atoms with Crippen LogP contribution in [0.5, 0.6) is 0 Å². The van der Waals surface area contributed by atoms with Crippen molar-refractivity contribution in [3.63, 3.8) is 0 Å². The Morgan fingerprint density at radius 2 is 2.40 bits per heavy atom. The van der Waals surface area contributed by atoms with E-state index in [1.807, 2.05) is 18.5 Å². The predicted molar refractivity (Wildman–Crippen MR) is 65.0 cm³/mol. The van der Waals surface area contributed by atoms with Gasteiger partial charge in [-0.05, 0) is 22.0 Å². The van der Waals surface area contributed by atoms with Crippen molar-refractivity contribution in [3.05, 3.63) is 20.8 Å². The first-order chi connectivity index (χ1) is 7.11. The van der Waals surface area contributed by atoms with Crippen LogP contribution in [0.25, 0.3) is 0 Å². The molecule has 0 amide bonds. The molecule has 15 heavy (non-hydrogen) atoms. The highest BCUT2D eigenvalue weighted by Gasteiger charge is 2.07. The van der Waals surface area contributed by atoms with Crippen molar-refractivity contribution in [1.29, 1.82) is 0 Å². The maximum Gasteiger partial charge on any atom is 0.139 e. The first kappa shape index (κ1) is 12.8. The molecular weight excluding hydrogens is 278 g/mol. The fourth-order valence-corrected chi connectivity index (χ4v) is 2.58. The predicted octanol–water partition coefficient (Wildman–Crippen LogP) is 2.51. The molecule has 0 aromatic carbocycles. The molecule has 1 heterocycles. The summed E-state index contributed by atoms with van der Waals surface area (Å²) in [7, 11) is 3.41. The fraction of sp³-hybridized carbons (Fsp3) is 0.500. The van der Waals surface area contributed by atoms with Crippen LogP contribution in [0.2, 0.25) is 0 Å². The lowest BCUT2D eigenvalue weighted by Crippen LogP contribution is -2.20. The van der Waals surface area contributed by atoms with Gasteiger partial charge in [0.15, 0.2) is 0 Å². The molecule has 0 saturated heterocycles. The molecule has 1 aromatic heterocycles. The number of Topliss-reactive ketones (excluding diaryl/α,β-unsaturated/α-hetero) is 1. The van der Waals surface area contributed by atoms with Gasteiger partial charge >= 0.3 is 0 Å². The normalized spacial score (nSPS) is 10.9. The van der Waals surface area contributed by atoms with E-state index in [0.29, 0.717) is 19.4 Å². The zero-order valence-electron chi connectivity index (χ0n) is 8.83. The molecule has 5 heteroatoms. The number of carbonyl (C=O) groups excluding carboxylic acids is 1. The third-order valence-electron chi connectivity index (χ3n) is 2.01. The van der Waals surface area contributed by atoms with Crippen LogP contribution in [-0.2, 0) is 16.1 Å². The van der Waals surface area contributed by atoms with Gasteiger partial charge in [-0.15, -0.1) is 11.3 Å². The van der Waals surface area contributed by atoms with E-state index in [9.17, 15) is 4.79 Å². The van der Waals surface area contributed by atoms with Crippen molar-refractivity contribution in [1.82, 2.24) is 5.06 Å². The van der Waals surface area contributed by atoms with E-state index in [2.05, 4.69) is 15.9 Å². The molecule has 0 bridgehead atoms. The minimum Gasteiger partial charge on any atom is -0.303 e. The van der Waals surface area contributed by atoms with Crippen LogP contribution in [-0.4, -0.2) is 31.5 Å².